The van der Waals surface area contributed by atoms with E-state index >= 15 is 0 Å². The lowest BCUT2D eigenvalue weighted by Gasteiger charge is -2.04. The summed E-state index contributed by atoms with van der Waals surface area (Å²) in [5, 5.41) is 14.8. The fraction of sp³-hybridized carbons (Fsp3) is 0.308. The van der Waals surface area contributed by atoms with Crippen molar-refractivity contribution < 1.29 is 19.2 Å². The number of Topliss-reactive ketones (excluding diaryl/α,β-unsaturated/α-hetero) is 1. The van der Waals surface area contributed by atoms with Crippen molar-refractivity contribution in [2.45, 2.75) is 20.4 Å². The minimum absolute atomic E-state index is 0.127. The molecule has 0 atom stereocenters. The summed E-state index contributed by atoms with van der Waals surface area (Å²) < 4.78 is 6.91. The number of aryl methyl sites for hydroxylation is 1. The standard InChI is InChI=1S/C13H12BrN3O5S/c1-7-13(17(20)21)8(2)16(15-7)5-12(19)22-6-9(18)10-3-4-11(14)23-10/h3-4H,5-6H2,1-2H3. The molecule has 2 heterocycles. The number of nitro groups is 1. The van der Waals surface area contributed by atoms with E-state index in [1.807, 2.05) is 0 Å². The molecular weight excluding hydrogens is 390 g/mol. The van der Waals surface area contributed by atoms with Crippen LogP contribution in [0.2, 0.25) is 0 Å². The van der Waals surface area contributed by atoms with Crippen LogP contribution >= 0.6 is 27.3 Å². The molecule has 2 aromatic heterocycles. The van der Waals surface area contributed by atoms with E-state index in [4.69, 9.17) is 4.74 Å². The number of carbonyl (C=O) groups excluding carboxylic acids is 2. The van der Waals surface area contributed by atoms with Crippen LogP contribution in [-0.2, 0) is 16.1 Å². The Balaban J connectivity index is 1.96. The molecular formula is C13H12BrN3O5S. The van der Waals surface area contributed by atoms with Crippen molar-refractivity contribution in [3.8, 4) is 0 Å². The van der Waals surface area contributed by atoms with E-state index in [1.165, 1.54) is 29.9 Å². The molecule has 0 aliphatic heterocycles. The Morgan fingerprint density at radius 2 is 2.13 bits per heavy atom. The van der Waals surface area contributed by atoms with Gasteiger partial charge in [-0.1, -0.05) is 0 Å². The predicted molar refractivity (Wildman–Crippen MR) is 85.7 cm³/mol. The Bertz CT molecular complexity index is 783. The van der Waals surface area contributed by atoms with Crippen LogP contribution in [0.15, 0.2) is 15.9 Å². The van der Waals surface area contributed by atoms with Gasteiger partial charge in [-0.3, -0.25) is 24.4 Å². The van der Waals surface area contributed by atoms with Gasteiger partial charge in [-0.25, -0.2) is 0 Å². The Labute approximate surface area is 143 Å². The first-order valence-electron chi connectivity index (χ1n) is 6.42. The van der Waals surface area contributed by atoms with Crippen LogP contribution in [0.5, 0.6) is 0 Å². The maximum atomic E-state index is 11.8. The van der Waals surface area contributed by atoms with Crippen molar-refractivity contribution in [1.82, 2.24) is 9.78 Å². The molecule has 0 fully saturated rings. The van der Waals surface area contributed by atoms with Crippen LogP contribution in [0.4, 0.5) is 5.69 Å². The maximum Gasteiger partial charge on any atom is 0.328 e. The average molecular weight is 402 g/mol. The molecule has 2 aromatic rings. The van der Waals surface area contributed by atoms with Gasteiger partial charge in [-0.2, -0.15) is 5.10 Å². The number of carbonyl (C=O) groups is 2. The molecule has 0 unspecified atom stereocenters. The van der Waals surface area contributed by atoms with Crippen LogP contribution < -0.4 is 0 Å². The third-order valence-electron chi connectivity index (χ3n) is 3.02. The molecule has 0 spiro atoms. The number of ketones is 1. The maximum absolute atomic E-state index is 11.8. The van der Waals surface area contributed by atoms with Gasteiger partial charge >= 0.3 is 11.7 Å². The monoisotopic (exact) mass is 401 g/mol. The van der Waals surface area contributed by atoms with Crippen molar-refractivity contribution in [1.29, 1.82) is 0 Å². The highest BCUT2D eigenvalue weighted by Gasteiger charge is 2.23. The van der Waals surface area contributed by atoms with Crippen molar-refractivity contribution >= 4 is 44.7 Å². The van der Waals surface area contributed by atoms with E-state index in [2.05, 4.69) is 21.0 Å². The van der Waals surface area contributed by atoms with Crippen LogP contribution in [0.25, 0.3) is 0 Å². The number of hydrogen-bond acceptors (Lipinski definition) is 7. The highest BCUT2D eigenvalue weighted by molar-refractivity contribution is 9.11. The Morgan fingerprint density at radius 3 is 2.65 bits per heavy atom. The number of hydrogen-bond donors (Lipinski definition) is 0. The fourth-order valence-electron chi connectivity index (χ4n) is 1.95. The van der Waals surface area contributed by atoms with Crippen molar-refractivity contribution in [3.05, 3.63) is 42.3 Å². The largest absolute Gasteiger partial charge is 0.456 e. The Kier molecular flexibility index (Phi) is 5.26. The molecule has 0 aliphatic carbocycles. The second-order valence-corrected chi connectivity index (χ2v) is 7.08. The molecule has 0 bridgehead atoms. The van der Waals surface area contributed by atoms with Gasteiger partial charge in [0, 0.05) is 0 Å². The molecule has 2 rings (SSSR count). The molecule has 0 N–H and O–H groups in total. The third-order valence-corrected chi connectivity index (χ3v) is 4.68. The lowest BCUT2D eigenvalue weighted by Crippen LogP contribution is -2.19. The van der Waals surface area contributed by atoms with E-state index in [9.17, 15) is 19.7 Å². The molecule has 0 radical (unpaired) electrons. The third kappa shape index (κ3) is 4.02. The van der Waals surface area contributed by atoms with Gasteiger partial charge < -0.3 is 4.74 Å². The molecule has 0 saturated carbocycles. The minimum atomic E-state index is -0.686. The summed E-state index contributed by atoms with van der Waals surface area (Å²) in [6.07, 6.45) is 0. The second-order valence-electron chi connectivity index (χ2n) is 4.62. The van der Waals surface area contributed by atoms with E-state index in [-0.39, 0.29) is 36.0 Å². The molecule has 0 saturated heterocycles. The summed E-state index contributed by atoms with van der Waals surface area (Å²) in [6, 6.07) is 3.37. The molecule has 0 amide bonds. The molecule has 0 aliphatic rings. The summed E-state index contributed by atoms with van der Waals surface area (Å²) in [6.45, 7) is 2.32. The highest BCUT2D eigenvalue weighted by atomic mass is 79.9. The SMILES string of the molecule is Cc1nn(CC(=O)OCC(=O)c2ccc(Br)s2)c(C)c1[N+](=O)[O-]. The first kappa shape index (κ1) is 17.3. The van der Waals surface area contributed by atoms with Crippen LogP contribution in [0.3, 0.4) is 0 Å². The van der Waals surface area contributed by atoms with Crippen molar-refractivity contribution in [3.63, 3.8) is 0 Å². The van der Waals surface area contributed by atoms with Gasteiger partial charge in [0.15, 0.2) is 6.61 Å². The molecule has 8 nitrogen and oxygen atoms in total. The molecule has 10 heteroatoms. The highest BCUT2D eigenvalue weighted by Crippen LogP contribution is 2.23. The predicted octanol–water partition coefficient (Wildman–Crippen LogP) is 2.66. The molecule has 122 valence electrons. The smallest absolute Gasteiger partial charge is 0.328 e. The van der Waals surface area contributed by atoms with Crippen LogP contribution in [-0.4, -0.2) is 33.1 Å². The van der Waals surface area contributed by atoms with Crippen molar-refractivity contribution in [2.24, 2.45) is 0 Å². The van der Waals surface area contributed by atoms with Gasteiger partial charge in [0.05, 0.1) is 13.6 Å². The van der Waals surface area contributed by atoms with Gasteiger partial charge in [0.1, 0.15) is 17.9 Å². The number of rotatable bonds is 6. The zero-order valence-corrected chi connectivity index (χ0v) is 14.6. The molecule has 0 aromatic carbocycles. The quantitative estimate of drug-likeness (QED) is 0.319. The first-order chi connectivity index (χ1) is 10.8. The minimum Gasteiger partial charge on any atom is -0.456 e. The number of thiophene rings is 1. The fourth-order valence-corrected chi connectivity index (χ4v) is 3.27. The normalized spacial score (nSPS) is 10.6. The zero-order valence-electron chi connectivity index (χ0n) is 12.2. The van der Waals surface area contributed by atoms with Crippen LogP contribution in [0.1, 0.15) is 21.1 Å². The van der Waals surface area contributed by atoms with E-state index in [0.717, 1.165) is 3.79 Å². The lowest BCUT2D eigenvalue weighted by molar-refractivity contribution is -0.386. The Hall–Kier alpha value is -2.07. The lowest BCUT2D eigenvalue weighted by atomic mass is 10.3. The molecule has 23 heavy (non-hydrogen) atoms. The number of nitrogens with zero attached hydrogens (tertiary/aromatic N) is 3. The van der Waals surface area contributed by atoms with Gasteiger partial charge in [-0.05, 0) is 41.9 Å². The van der Waals surface area contributed by atoms with E-state index in [0.29, 0.717) is 4.88 Å². The summed E-state index contributed by atoms with van der Waals surface area (Å²) in [7, 11) is 0. The number of aromatic nitrogens is 2. The summed E-state index contributed by atoms with van der Waals surface area (Å²) in [5.74, 6) is -0.997. The zero-order chi connectivity index (χ0) is 17.1. The van der Waals surface area contributed by atoms with E-state index in [1.54, 1.807) is 12.1 Å². The Morgan fingerprint density at radius 1 is 1.43 bits per heavy atom. The van der Waals surface area contributed by atoms with E-state index < -0.39 is 10.9 Å². The number of ether oxygens (including phenoxy) is 1. The first-order valence-corrected chi connectivity index (χ1v) is 8.03. The van der Waals surface area contributed by atoms with Gasteiger partial charge in [-0.15, -0.1) is 11.3 Å². The van der Waals surface area contributed by atoms with Crippen molar-refractivity contribution in [2.75, 3.05) is 6.61 Å². The summed E-state index contributed by atoms with van der Waals surface area (Å²) in [5.41, 5.74) is 0.357. The summed E-state index contributed by atoms with van der Waals surface area (Å²) in [4.78, 5) is 34.5. The topological polar surface area (TPSA) is 104 Å². The van der Waals surface area contributed by atoms with Gasteiger partial charge in [0.25, 0.3) is 0 Å². The summed E-state index contributed by atoms with van der Waals surface area (Å²) >= 11 is 4.49. The number of esters is 1. The average Bonchev–Trinajstić information content (AvgIpc) is 3.00. The van der Waals surface area contributed by atoms with Crippen LogP contribution in [0, 0.1) is 24.0 Å². The number of halogens is 1. The van der Waals surface area contributed by atoms with Gasteiger partial charge in [0.2, 0.25) is 5.78 Å². The second kappa shape index (κ2) is 7.01.